The third-order valence-electron chi connectivity index (χ3n) is 4.70. The third kappa shape index (κ3) is 3.76. The first-order chi connectivity index (χ1) is 11.6. The van der Waals surface area contributed by atoms with Crippen molar-refractivity contribution in [1.82, 2.24) is 10.2 Å². The number of ether oxygens (including phenoxy) is 2. The van der Waals surface area contributed by atoms with E-state index in [1.165, 1.54) is 6.92 Å². The summed E-state index contributed by atoms with van der Waals surface area (Å²) < 4.78 is 12.1. The largest absolute Gasteiger partial charge is 0.370 e. The molecule has 0 saturated carbocycles. The van der Waals surface area contributed by atoms with Gasteiger partial charge in [0.15, 0.2) is 0 Å². The standard InChI is InChI=1S/C18H24N2O4/c1-14(21)19-10-17(22)20-11-16(18(13-20)8-5-9-24-18)23-12-15-6-3-2-4-7-15/h2-4,6-7,16H,5,8-13H2,1H3,(H,19,21)/t16-,18-/m0/s1. The van der Waals surface area contributed by atoms with E-state index in [2.05, 4.69) is 5.32 Å². The summed E-state index contributed by atoms with van der Waals surface area (Å²) in [6.07, 6.45) is 1.75. The smallest absolute Gasteiger partial charge is 0.242 e. The Hall–Kier alpha value is -1.92. The maximum Gasteiger partial charge on any atom is 0.242 e. The molecule has 0 bridgehead atoms. The Morgan fingerprint density at radius 2 is 2.17 bits per heavy atom. The van der Waals surface area contributed by atoms with E-state index in [1.807, 2.05) is 30.3 Å². The Morgan fingerprint density at radius 1 is 1.38 bits per heavy atom. The quantitative estimate of drug-likeness (QED) is 0.877. The Balaban J connectivity index is 1.63. The topological polar surface area (TPSA) is 67.9 Å². The number of hydrogen-bond donors (Lipinski definition) is 1. The van der Waals surface area contributed by atoms with Gasteiger partial charge < -0.3 is 19.7 Å². The monoisotopic (exact) mass is 332 g/mol. The molecule has 1 aromatic carbocycles. The maximum atomic E-state index is 12.3. The van der Waals surface area contributed by atoms with Gasteiger partial charge in [-0.1, -0.05) is 30.3 Å². The molecule has 130 valence electrons. The van der Waals surface area contributed by atoms with Crippen LogP contribution in [0.1, 0.15) is 25.3 Å². The Bertz CT molecular complexity index is 584. The van der Waals surface area contributed by atoms with Crippen LogP contribution in [0, 0.1) is 0 Å². The van der Waals surface area contributed by atoms with E-state index in [0.717, 1.165) is 18.4 Å². The molecule has 3 rings (SSSR count). The summed E-state index contributed by atoms with van der Waals surface area (Å²) in [6, 6.07) is 9.99. The lowest BCUT2D eigenvalue weighted by Gasteiger charge is -2.28. The molecule has 2 fully saturated rings. The van der Waals surface area contributed by atoms with Crippen LogP contribution < -0.4 is 5.32 Å². The van der Waals surface area contributed by atoms with Crippen molar-refractivity contribution in [1.29, 1.82) is 0 Å². The number of rotatable bonds is 5. The first kappa shape index (κ1) is 16.9. The average molecular weight is 332 g/mol. The molecule has 2 amide bonds. The van der Waals surface area contributed by atoms with Crippen LogP contribution in [0.5, 0.6) is 0 Å². The number of hydrogen-bond acceptors (Lipinski definition) is 4. The van der Waals surface area contributed by atoms with Crippen LogP contribution in [0.4, 0.5) is 0 Å². The van der Waals surface area contributed by atoms with Gasteiger partial charge in [-0.15, -0.1) is 0 Å². The predicted molar refractivity (Wildman–Crippen MR) is 88.2 cm³/mol. The van der Waals surface area contributed by atoms with Gasteiger partial charge in [0.05, 0.1) is 19.7 Å². The molecular weight excluding hydrogens is 308 g/mol. The summed E-state index contributed by atoms with van der Waals surface area (Å²) in [7, 11) is 0. The summed E-state index contributed by atoms with van der Waals surface area (Å²) in [6.45, 7) is 3.68. The highest BCUT2D eigenvalue weighted by molar-refractivity contribution is 5.84. The highest BCUT2D eigenvalue weighted by Gasteiger charge is 2.51. The van der Waals surface area contributed by atoms with Crippen molar-refractivity contribution in [3.8, 4) is 0 Å². The molecule has 0 unspecified atom stereocenters. The first-order valence-corrected chi connectivity index (χ1v) is 8.41. The van der Waals surface area contributed by atoms with E-state index in [1.54, 1.807) is 4.90 Å². The molecule has 2 saturated heterocycles. The fraction of sp³-hybridized carbons (Fsp3) is 0.556. The lowest BCUT2D eigenvalue weighted by atomic mass is 9.96. The molecular formula is C18H24N2O4. The Kier molecular flexibility index (Phi) is 5.16. The lowest BCUT2D eigenvalue weighted by Crippen LogP contribution is -2.43. The van der Waals surface area contributed by atoms with Gasteiger partial charge >= 0.3 is 0 Å². The van der Waals surface area contributed by atoms with Gasteiger partial charge in [-0.2, -0.15) is 0 Å². The van der Waals surface area contributed by atoms with E-state index in [4.69, 9.17) is 9.47 Å². The zero-order valence-electron chi connectivity index (χ0n) is 14.0. The van der Waals surface area contributed by atoms with Gasteiger partial charge in [0.1, 0.15) is 11.7 Å². The summed E-state index contributed by atoms with van der Waals surface area (Å²) in [4.78, 5) is 25.1. The van der Waals surface area contributed by atoms with Gasteiger partial charge in [-0.05, 0) is 18.4 Å². The number of amides is 2. The average Bonchev–Trinajstić information content (AvgIpc) is 3.20. The fourth-order valence-corrected chi connectivity index (χ4v) is 3.43. The lowest BCUT2D eigenvalue weighted by molar-refractivity contribution is -0.132. The molecule has 2 aliphatic heterocycles. The second-order valence-corrected chi connectivity index (χ2v) is 6.49. The van der Waals surface area contributed by atoms with E-state index < -0.39 is 5.60 Å². The van der Waals surface area contributed by atoms with Crippen molar-refractivity contribution >= 4 is 11.8 Å². The van der Waals surface area contributed by atoms with Crippen molar-refractivity contribution in [3.63, 3.8) is 0 Å². The van der Waals surface area contributed by atoms with Gasteiger partial charge in [0.2, 0.25) is 11.8 Å². The normalized spacial score (nSPS) is 26.0. The predicted octanol–water partition coefficient (Wildman–Crippen LogP) is 1.10. The van der Waals surface area contributed by atoms with Crippen molar-refractivity contribution in [2.75, 3.05) is 26.2 Å². The minimum absolute atomic E-state index is 0.0246. The van der Waals surface area contributed by atoms with E-state index in [9.17, 15) is 9.59 Å². The molecule has 2 atom stereocenters. The van der Waals surface area contributed by atoms with Crippen molar-refractivity contribution in [2.45, 2.75) is 38.1 Å². The summed E-state index contributed by atoms with van der Waals surface area (Å²) >= 11 is 0. The highest BCUT2D eigenvalue weighted by Crippen LogP contribution is 2.37. The van der Waals surface area contributed by atoms with E-state index >= 15 is 0 Å². The molecule has 0 aromatic heterocycles. The minimum Gasteiger partial charge on any atom is -0.370 e. The van der Waals surface area contributed by atoms with Crippen LogP contribution in [-0.4, -0.2) is 54.7 Å². The summed E-state index contributed by atoms with van der Waals surface area (Å²) in [5, 5.41) is 2.56. The summed E-state index contributed by atoms with van der Waals surface area (Å²) in [5.74, 6) is -0.294. The zero-order valence-corrected chi connectivity index (χ0v) is 14.0. The van der Waals surface area contributed by atoms with Crippen molar-refractivity contribution < 1.29 is 19.1 Å². The molecule has 0 radical (unpaired) electrons. The Labute approximate surface area is 142 Å². The molecule has 1 aromatic rings. The maximum absolute atomic E-state index is 12.3. The van der Waals surface area contributed by atoms with Crippen molar-refractivity contribution in [2.24, 2.45) is 0 Å². The molecule has 1 spiro atoms. The van der Waals surface area contributed by atoms with Gasteiger partial charge in [0, 0.05) is 20.1 Å². The molecule has 2 aliphatic rings. The number of carbonyl (C=O) groups excluding carboxylic acids is 2. The minimum atomic E-state index is -0.402. The first-order valence-electron chi connectivity index (χ1n) is 8.41. The molecule has 24 heavy (non-hydrogen) atoms. The molecule has 0 aliphatic carbocycles. The van der Waals surface area contributed by atoms with E-state index in [-0.39, 0.29) is 24.5 Å². The fourth-order valence-electron chi connectivity index (χ4n) is 3.43. The van der Waals surface area contributed by atoms with Crippen LogP contribution in [0.25, 0.3) is 0 Å². The SMILES string of the molecule is CC(=O)NCC(=O)N1C[C@H](OCc2ccccc2)[C@]2(CCCO2)C1. The highest BCUT2D eigenvalue weighted by atomic mass is 16.6. The number of likely N-dealkylation sites (tertiary alicyclic amines) is 1. The van der Waals surface area contributed by atoms with Crippen LogP contribution in [0.15, 0.2) is 30.3 Å². The van der Waals surface area contributed by atoms with E-state index in [0.29, 0.717) is 26.3 Å². The van der Waals surface area contributed by atoms with Crippen LogP contribution in [0.2, 0.25) is 0 Å². The third-order valence-corrected chi connectivity index (χ3v) is 4.70. The number of nitrogens with zero attached hydrogens (tertiary/aromatic N) is 1. The zero-order chi connectivity index (χ0) is 17.0. The van der Waals surface area contributed by atoms with Gasteiger partial charge in [-0.25, -0.2) is 0 Å². The molecule has 6 nitrogen and oxygen atoms in total. The van der Waals surface area contributed by atoms with Crippen molar-refractivity contribution in [3.05, 3.63) is 35.9 Å². The second kappa shape index (κ2) is 7.32. The van der Waals surface area contributed by atoms with Crippen LogP contribution >= 0.6 is 0 Å². The molecule has 2 heterocycles. The van der Waals surface area contributed by atoms with Gasteiger partial charge in [-0.3, -0.25) is 9.59 Å². The second-order valence-electron chi connectivity index (χ2n) is 6.49. The summed E-state index contributed by atoms with van der Waals surface area (Å²) in [5.41, 5.74) is 0.703. The molecule has 1 N–H and O–H groups in total. The van der Waals surface area contributed by atoms with Crippen LogP contribution in [0.3, 0.4) is 0 Å². The number of benzene rings is 1. The Morgan fingerprint density at radius 3 is 2.83 bits per heavy atom. The van der Waals surface area contributed by atoms with Crippen LogP contribution in [-0.2, 0) is 25.7 Å². The van der Waals surface area contributed by atoms with Gasteiger partial charge in [0.25, 0.3) is 0 Å². The molecule has 6 heteroatoms. The number of nitrogens with one attached hydrogen (secondary N) is 1. The number of carbonyl (C=O) groups is 2.